The average molecular weight is 285 g/mol. The van der Waals surface area contributed by atoms with Crippen molar-refractivity contribution in [3.63, 3.8) is 0 Å². The number of rotatable bonds is 5. The summed E-state index contributed by atoms with van der Waals surface area (Å²) in [6.07, 6.45) is 0. The number of thioether (sulfide) groups is 1. The summed E-state index contributed by atoms with van der Waals surface area (Å²) in [6, 6.07) is 4.11. The molecular weight excluding hydrogens is 266 g/mol. The third-order valence-electron chi connectivity index (χ3n) is 3.41. The lowest BCUT2D eigenvalue weighted by molar-refractivity contribution is -0.161. The molecule has 1 aromatic rings. The molecule has 1 aromatic heterocycles. The minimum Gasteiger partial charge on any atom is -0.386 e. The SMILES string of the molecule is CC(C)C1(O)CN(C(=O)CSCc2cccs2)C1. The summed E-state index contributed by atoms with van der Waals surface area (Å²) in [5, 5.41) is 12.1. The minimum atomic E-state index is -0.659. The number of amides is 1. The molecule has 1 amide bonds. The molecule has 3 nitrogen and oxygen atoms in total. The Balaban J connectivity index is 1.68. The second-order valence-electron chi connectivity index (χ2n) is 5.08. The van der Waals surface area contributed by atoms with Crippen LogP contribution in [0, 0.1) is 5.92 Å². The van der Waals surface area contributed by atoms with Crippen LogP contribution in [0.15, 0.2) is 17.5 Å². The molecular formula is C13H19NO2S2. The number of likely N-dealkylation sites (tertiary alicyclic amines) is 1. The van der Waals surface area contributed by atoms with Gasteiger partial charge in [0.2, 0.25) is 5.91 Å². The van der Waals surface area contributed by atoms with Gasteiger partial charge in [-0.15, -0.1) is 23.1 Å². The minimum absolute atomic E-state index is 0.141. The molecule has 0 aliphatic carbocycles. The maximum absolute atomic E-state index is 11.9. The number of aliphatic hydroxyl groups is 1. The molecule has 1 fully saturated rings. The van der Waals surface area contributed by atoms with Crippen LogP contribution in [0.2, 0.25) is 0 Å². The predicted octanol–water partition coefficient (Wildman–Crippen LogP) is 2.21. The molecule has 0 aromatic carbocycles. The van der Waals surface area contributed by atoms with Crippen molar-refractivity contribution in [2.45, 2.75) is 25.2 Å². The van der Waals surface area contributed by atoms with Crippen LogP contribution in [-0.2, 0) is 10.5 Å². The van der Waals surface area contributed by atoms with Crippen LogP contribution in [0.1, 0.15) is 18.7 Å². The van der Waals surface area contributed by atoms with Gasteiger partial charge in [0.05, 0.1) is 18.8 Å². The monoisotopic (exact) mass is 285 g/mol. The fourth-order valence-electron chi connectivity index (χ4n) is 1.88. The molecule has 0 atom stereocenters. The van der Waals surface area contributed by atoms with Gasteiger partial charge in [-0.1, -0.05) is 19.9 Å². The van der Waals surface area contributed by atoms with Gasteiger partial charge in [0, 0.05) is 10.6 Å². The molecule has 100 valence electrons. The van der Waals surface area contributed by atoms with Crippen LogP contribution in [0.3, 0.4) is 0 Å². The van der Waals surface area contributed by atoms with Crippen LogP contribution < -0.4 is 0 Å². The summed E-state index contributed by atoms with van der Waals surface area (Å²) in [7, 11) is 0. The van der Waals surface area contributed by atoms with Crippen molar-refractivity contribution in [2.75, 3.05) is 18.8 Å². The Labute approximate surface area is 116 Å². The van der Waals surface area contributed by atoms with Crippen molar-refractivity contribution in [1.82, 2.24) is 4.90 Å². The fraction of sp³-hybridized carbons (Fsp3) is 0.615. The topological polar surface area (TPSA) is 40.5 Å². The van der Waals surface area contributed by atoms with Crippen molar-refractivity contribution in [3.05, 3.63) is 22.4 Å². The summed E-state index contributed by atoms with van der Waals surface area (Å²) >= 11 is 3.36. The second kappa shape index (κ2) is 5.63. The maximum Gasteiger partial charge on any atom is 0.232 e. The lowest BCUT2D eigenvalue weighted by Gasteiger charge is -2.49. The van der Waals surface area contributed by atoms with E-state index in [1.54, 1.807) is 28.0 Å². The van der Waals surface area contributed by atoms with Crippen molar-refractivity contribution in [1.29, 1.82) is 0 Å². The zero-order valence-corrected chi connectivity index (χ0v) is 12.4. The van der Waals surface area contributed by atoms with Crippen molar-refractivity contribution < 1.29 is 9.90 Å². The van der Waals surface area contributed by atoms with Gasteiger partial charge in [0.1, 0.15) is 5.60 Å². The normalized spacial score (nSPS) is 17.9. The molecule has 5 heteroatoms. The van der Waals surface area contributed by atoms with Gasteiger partial charge in [-0.2, -0.15) is 0 Å². The second-order valence-corrected chi connectivity index (χ2v) is 7.10. The molecule has 1 saturated heterocycles. The average Bonchev–Trinajstić information content (AvgIpc) is 2.77. The molecule has 0 saturated carbocycles. The van der Waals surface area contributed by atoms with Crippen LogP contribution in [0.4, 0.5) is 0 Å². The molecule has 0 bridgehead atoms. The van der Waals surface area contributed by atoms with Crippen molar-refractivity contribution in [2.24, 2.45) is 5.92 Å². The highest BCUT2D eigenvalue weighted by Crippen LogP contribution is 2.29. The van der Waals surface area contributed by atoms with Crippen LogP contribution in [0.5, 0.6) is 0 Å². The molecule has 0 radical (unpaired) electrons. The van der Waals surface area contributed by atoms with Gasteiger partial charge in [0.25, 0.3) is 0 Å². The Kier molecular flexibility index (Phi) is 4.35. The Morgan fingerprint density at radius 1 is 1.61 bits per heavy atom. The van der Waals surface area contributed by atoms with E-state index in [1.165, 1.54) is 4.88 Å². The molecule has 2 heterocycles. The van der Waals surface area contributed by atoms with Gasteiger partial charge in [-0.05, 0) is 17.4 Å². The number of β-amino-alcohol motifs (C(OH)–C–C–N with tert-alkyl or cyclic N) is 1. The molecule has 2 rings (SSSR count). The van der Waals surface area contributed by atoms with E-state index in [9.17, 15) is 9.90 Å². The fourth-order valence-corrected chi connectivity index (χ4v) is 3.65. The molecule has 1 aliphatic heterocycles. The van der Waals surface area contributed by atoms with Crippen LogP contribution >= 0.6 is 23.1 Å². The number of carbonyl (C=O) groups is 1. The van der Waals surface area contributed by atoms with E-state index < -0.39 is 5.60 Å². The summed E-state index contributed by atoms with van der Waals surface area (Å²) in [6.45, 7) is 4.97. The first-order valence-electron chi connectivity index (χ1n) is 6.11. The van der Waals surface area contributed by atoms with Crippen molar-refractivity contribution >= 4 is 29.0 Å². The predicted molar refractivity (Wildman–Crippen MR) is 76.8 cm³/mol. The van der Waals surface area contributed by atoms with E-state index in [0.29, 0.717) is 18.8 Å². The van der Waals surface area contributed by atoms with Gasteiger partial charge in [-0.25, -0.2) is 0 Å². The number of hydrogen-bond donors (Lipinski definition) is 1. The zero-order valence-electron chi connectivity index (χ0n) is 10.8. The third kappa shape index (κ3) is 3.08. The summed E-state index contributed by atoms with van der Waals surface area (Å²) in [5.74, 6) is 1.75. The highest BCUT2D eigenvalue weighted by atomic mass is 32.2. The van der Waals surface area contributed by atoms with E-state index in [4.69, 9.17) is 0 Å². The van der Waals surface area contributed by atoms with E-state index >= 15 is 0 Å². The molecule has 18 heavy (non-hydrogen) atoms. The zero-order chi connectivity index (χ0) is 13.2. The van der Waals surface area contributed by atoms with E-state index in [2.05, 4.69) is 11.4 Å². The van der Waals surface area contributed by atoms with E-state index in [1.807, 2.05) is 19.9 Å². The van der Waals surface area contributed by atoms with E-state index in [-0.39, 0.29) is 11.8 Å². The number of carbonyl (C=O) groups excluding carboxylic acids is 1. The maximum atomic E-state index is 11.9. The van der Waals surface area contributed by atoms with Gasteiger partial charge in [-0.3, -0.25) is 4.79 Å². The van der Waals surface area contributed by atoms with Gasteiger partial charge < -0.3 is 10.0 Å². The lowest BCUT2D eigenvalue weighted by Crippen LogP contribution is -2.66. The quantitative estimate of drug-likeness (QED) is 0.902. The Hall–Kier alpha value is -0.520. The Bertz CT molecular complexity index is 397. The first-order chi connectivity index (χ1) is 8.51. The van der Waals surface area contributed by atoms with E-state index in [0.717, 1.165) is 5.75 Å². The highest BCUT2D eigenvalue weighted by Gasteiger charge is 2.45. The first-order valence-corrected chi connectivity index (χ1v) is 8.15. The smallest absolute Gasteiger partial charge is 0.232 e. The molecule has 0 spiro atoms. The Morgan fingerprint density at radius 3 is 2.89 bits per heavy atom. The summed E-state index contributed by atoms with van der Waals surface area (Å²) in [4.78, 5) is 14.9. The summed E-state index contributed by atoms with van der Waals surface area (Å²) < 4.78 is 0. The number of thiophene rings is 1. The van der Waals surface area contributed by atoms with Gasteiger partial charge >= 0.3 is 0 Å². The summed E-state index contributed by atoms with van der Waals surface area (Å²) in [5.41, 5.74) is -0.659. The molecule has 1 N–H and O–H groups in total. The Morgan fingerprint density at radius 2 is 2.33 bits per heavy atom. The van der Waals surface area contributed by atoms with Crippen LogP contribution in [-0.4, -0.2) is 40.4 Å². The molecule has 0 unspecified atom stereocenters. The van der Waals surface area contributed by atoms with Gasteiger partial charge in [0.15, 0.2) is 0 Å². The van der Waals surface area contributed by atoms with Crippen LogP contribution in [0.25, 0.3) is 0 Å². The van der Waals surface area contributed by atoms with Crippen molar-refractivity contribution in [3.8, 4) is 0 Å². The highest BCUT2D eigenvalue weighted by molar-refractivity contribution is 7.99. The third-order valence-corrected chi connectivity index (χ3v) is 5.43. The largest absolute Gasteiger partial charge is 0.386 e. The molecule has 1 aliphatic rings. The first kappa shape index (κ1) is 13.9. The number of hydrogen-bond acceptors (Lipinski definition) is 4. The standard InChI is InChI=1S/C13H19NO2S2/c1-10(2)13(16)8-14(9-13)12(15)7-17-6-11-4-3-5-18-11/h3-5,10,16H,6-9H2,1-2H3. The number of nitrogens with zero attached hydrogens (tertiary/aromatic N) is 1. The lowest BCUT2D eigenvalue weighted by atomic mass is 9.83.